The van der Waals surface area contributed by atoms with E-state index < -0.39 is 12.0 Å². The molecule has 86 valence electrons. The van der Waals surface area contributed by atoms with Gasteiger partial charge in [0.15, 0.2) is 0 Å². The van der Waals surface area contributed by atoms with Crippen LogP contribution in [-0.4, -0.2) is 41.1 Å². The molecule has 3 atom stereocenters. The molecule has 1 fully saturated rings. The summed E-state index contributed by atoms with van der Waals surface area (Å²) in [4.78, 5) is 23.7. The van der Waals surface area contributed by atoms with Gasteiger partial charge in [0.25, 0.3) is 0 Å². The average molecular weight is 214 g/mol. The van der Waals surface area contributed by atoms with Crippen LogP contribution in [0.15, 0.2) is 0 Å². The highest BCUT2D eigenvalue weighted by molar-refractivity contribution is 5.82. The first kappa shape index (κ1) is 11.8. The quantitative estimate of drug-likeness (QED) is 0.730. The molecule has 0 bridgehead atoms. The van der Waals surface area contributed by atoms with E-state index in [0.29, 0.717) is 12.3 Å². The van der Waals surface area contributed by atoms with Crippen molar-refractivity contribution >= 4 is 12.0 Å². The molecule has 0 radical (unpaired) electrons. The first-order valence-electron chi connectivity index (χ1n) is 5.23. The summed E-state index contributed by atoms with van der Waals surface area (Å²) < 4.78 is 0. The molecule has 5 heteroatoms. The fourth-order valence-corrected chi connectivity index (χ4v) is 1.54. The van der Waals surface area contributed by atoms with Crippen molar-refractivity contribution in [3.8, 4) is 0 Å². The van der Waals surface area contributed by atoms with Crippen LogP contribution < -0.4 is 5.32 Å². The van der Waals surface area contributed by atoms with Crippen LogP contribution in [0.1, 0.15) is 26.7 Å². The predicted octanol–water partition coefficient (Wildman–Crippen LogP) is 0.899. The Labute approximate surface area is 89.4 Å². The molecule has 2 N–H and O–H groups in total. The van der Waals surface area contributed by atoms with Gasteiger partial charge in [0.05, 0.1) is 0 Å². The summed E-state index contributed by atoms with van der Waals surface area (Å²) in [6.45, 7) is 3.81. The van der Waals surface area contributed by atoms with Crippen molar-refractivity contribution in [2.45, 2.75) is 38.8 Å². The molecule has 1 rings (SSSR count). The molecular formula is C10H18N2O3. The smallest absolute Gasteiger partial charge is 0.326 e. The zero-order valence-electron chi connectivity index (χ0n) is 9.36. The van der Waals surface area contributed by atoms with Crippen LogP contribution in [-0.2, 0) is 4.79 Å². The molecule has 0 saturated heterocycles. The number of carbonyl (C=O) groups is 2. The largest absolute Gasteiger partial charge is 0.480 e. The fraction of sp³-hybridized carbons (Fsp3) is 0.800. The van der Waals surface area contributed by atoms with E-state index in [0.717, 1.165) is 6.42 Å². The van der Waals surface area contributed by atoms with Gasteiger partial charge < -0.3 is 15.3 Å². The van der Waals surface area contributed by atoms with Gasteiger partial charge in [0, 0.05) is 13.1 Å². The normalized spacial score (nSPS) is 25.5. The third-order valence-corrected chi connectivity index (χ3v) is 2.88. The van der Waals surface area contributed by atoms with E-state index in [-0.39, 0.29) is 12.1 Å². The summed E-state index contributed by atoms with van der Waals surface area (Å²) in [5.74, 6) is -0.439. The Hall–Kier alpha value is -1.26. The van der Waals surface area contributed by atoms with Gasteiger partial charge in [0.1, 0.15) is 6.04 Å². The van der Waals surface area contributed by atoms with Gasteiger partial charge in [-0.05, 0) is 18.8 Å². The van der Waals surface area contributed by atoms with Crippen molar-refractivity contribution in [1.29, 1.82) is 0 Å². The summed E-state index contributed by atoms with van der Waals surface area (Å²) in [5.41, 5.74) is 0. The maximum absolute atomic E-state index is 11.6. The van der Waals surface area contributed by atoms with Crippen molar-refractivity contribution in [1.82, 2.24) is 10.2 Å². The summed E-state index contributed by atoms with van der Waals surface area (Å²) in [7, 11) is 1.52. The second-order valence-electron chi connectivity index (χ2n) is 4.14. The van der Waals surface area contributed by atoms with Gasteiger partial charge in [-0.3, -0.25) is 0 Å². The third-order valence-electron chi connectivity index (χ3n) is 2.88. The molecule has 3 unspecified atom stereocenters. The first-order chi connectivity index (χ1) is 6.97. The monoisotopic (exact) mass is 214 g/mol. The number of amides is 2. The highest BCUT2D eigenvalue weighted by Gasteiger charge is 2.36. The second kappa shape index (κ2) is 4.51. The van der Waals surface area contributed by atoms with Crippen molar-refractivity contribution < 1.29 is 14.7 Å². The molecule has 0 aliphatic heterocycles. The number of nitrogens with one attached hydrogen (secondary N) is 1. The number of carbonyl (C=O) groups excluding carboxylic acids is 1. The minimum absolute atomic E-state index is 0.228. The molecule has 1 aliphatic rings. The summed E-state index contributed by atoms with van der Waals surface area (Å²) >= 11 is 0. The number of likely N-dealkylation sites (N-methyl/N-ethyl adjacent to an activating group) is 1. The molecule has 0 spiro atoms. The molecule has 2 amide bonds. The van der Waals surface area contributed by atoms with Gasteiger partial charge in [-0.25, -0.2) is 9.59 Å². The van der Waals surface area contributed by atoms with Crippen LogP contribution in [0.5, 0.6) is 0 Å². The Kier molecular flexibility index (Phi) is 3.55. The Balaban J connectivity index is 2.46. The number of urea groups is 1. The first-order valence-corrected chi connectivity index (χ1v) is 5.23. The minimum Gasteiger partial charge on any atom is -0.480 e. The van der Waals surface area contributed by atoms with Crippen LogP contribution >= 0.6 is 0 Å². The number of nitrogens with zero attached hydrogens (tertiary/aromatic N) is 1. The van der Waals surface area contributed by atoms with Crippen LogP contribution in [0.2, 0.25) is 0 Å². The number of rotatable bonds is 4. The Morgan fingerprint density at radius 1 is 1.60 bits per heavy atom. The molecule has 15 heavy (non-hydrogen) atoms. The molecule has 1 saturated carbocycles. The summed E-state index contributed by atoms with van der Waals surface area (Å²) in [6.07, 6.45) is 1.41. The van der Waals surface area contributed by atoms with Gasteiger partial charge in [-0.2, -0.15) is 0 Å². The van der Waals surface area contributed by atoms with Gasteiger partial charge in [0.2, 0.25) is 0 Å². The molecule has 1 aliphatic carbocycles. The standard InChI is InChI=1S/C10H18N2O3/c1-4-8(9(13)14)12(3)10(15)11-7-5-6(7)2/h6-8H,4-5H2,1-3H3,(H,11,15)(H,13,14). The highest BCUT2D eigenvalue weighted by Crippen LogP contribution is 2.29. The molecular weight excluding hydrogens is 196 g/mol. The Morgan fingerprint density at radius 3 is 2.47 bits per heavy atom. The zero-order chi connectivity index (χ0) is 11.6. The van der Waals surface area contributed by atoms with Crippen LogP contribution in [0.25, 0.3) is 0 Å². The lowest BCUT2D eigenvalue weighted by molar-refractivity contribution is -0.141. The van der Waals surface area contributed by atoms with Crippen molar-refractivity contribution in [2.75, 3.05) is 7.05 Å². The van der Waals surface area contributed by atoms with E-state index in [1.165, 1.54) is 11.9 Å². The lowest BCUT2D eigenvalue weighted by Gasteiger charge is -2.24. The Bertz CT molecular complexity index is 267. The molecule has 5 nitrogen and oxygen atoms in total. The predicted molar refractivity (Wildman–Crippen MR) is 55.6 cm³/mol. The van der Waals surface area contributed by atoms with Crippen molar-refractivity contribution in [3.63, 3.8) is 0 Å². The van der Waals surface area contributed by atoms with E-state index in [9.17, 15) is 9.59 Å². The number of hydrogen-bond donors (Lipinski definition) is 2. The van der Waals surface area contributed by atoms with E-state index in [4.69, 9.17) is 5.11 Å². The SMILES string of the molecule is CCC(C(=O)O)N(C)C(=O)NC1CC1C. The topological polar surface area (TPSA) is 69.6 Å². The van der Waals surface area contributed by atoms with Gasteiger partial charge in [-0.15, -0.1) is 0 Å². The van der Waals surface area contributed by atoms with Crippen molar-refractivity contribution in [2.24, 2.45) is 5.92 Å². The van der Waals surface area contributed by atoms with Crippen LogP contribution in [0.4, 0.5) is 4.79 Å². The van der Waals surface area contributed by atoms with Crippen molar-refractivity contribution in [3.05, 3.63) is 0 Å². The number of hydrogen-bond acceptors (Lipinski definition) is 2. The number of carboxylic acid groups (broad SMARTS) is 1. The van der Waals surface area contributed by atoms with Gasteiger partial charge in [-0.1, -0.05) is 13.8 Å². The summed E-state index contributed by atoms with van der Waals surface area (Å²) in [6, 6.07) is -0.802. The minimum atomic E-state index is -0.959. The Morgan fingerprint density at radius 2 is 2.13 bits per heavy atom. The molecule has 0 aromatic rings. The van der Waals surface area contributed by atoms with Crippen LogP contribution in [0, 0.1) is 5.92 Å². The van der Waals surface area contributed by atoms with E-state index in [1.54, 1.807) is 6.92 Å². The average Bonchev–Trinajstić information content (AvgIpc) is 2.81. The van der Waals surface area contributed by atoms with Crippen LogP contribution in [0.3, 0.4) is 0 Å². The molecule has 0 heterocycles. The highest BCUT2D eigenvalue weighted by atomic mass is 16.4. The molecule has 0 aromatic heterocycles. The van der Waals surface area contributed by atoms with E-state index >= 15 is 0 Å². The molecule has 0 aromatic carbocycles. The number of aliphatic carboxylic acids is 1. The maximum atomic E-state index is 11.6. The zero-order valence-corrected chi connectivity index (χ0v) is 9.36. The van der Waals surface area contributed by atoms with E-state index in [2.05, 4.69) is 12.2 Å². The van der Waals surface area contributed by atoms with Gasteiger partial charge >= 0.3 is 12.0 Å². The lowest BCUT2D eigenvalue weighted by atomic mass is 10.2. The number of carboxylic acids is 1. The summed E-state index contributed by atoms with van der Waals surface area (Å²) in [5, 5.41) is 11.7. The third kappa shape index (κ3) is 2.84. The second-order valence-corrected chi connectivity index (χ2v) is 4.14. The fourth-order valence-electron chi connectivity index (χ4n) is 1.54. The maximum Gasteiger partial charge on any atom is 0.326 e. The van der Waals surface area contributed by atoms with E-state index in [1.807, 2.05) is 0 Å². The lowest BCUT2D eigenvalue weighted by Crippen LogP contribution is -2.47.